The molecule has 3 rings (SSSR count). The number of piperidine rings is 1. The molecule has 1 fully saturated rings. The molecule has 0 radical (unpaired) electrons. The number of aryl methyl sites for hydroxylation is 1. The van der Waals surface area contributed by atoms with Crippen molar-refractivity contribution in [2.75, 3.05) is 19.8 Å². The topological polar surface area (TPSA) is 41.6 Å². The monoisotopic (exact) mass is 368 g/mol. The molecule has 2 aliphatic rings. The number of hydrogen-bond acceptors (Lipinski definition) is 4. The van der Waals surface area contributed by atoms with E-state index in [1.54, 1.807) is 0 Å². The summed E-state index contributed by atoms with van der Waals surface area (Å²) in [6, 6.07) is 11.1. The van der Waals surface area contributed by atoms with E-state index in [1.165, 1.54) is 24.8 Å². The van der Waals surface area contributed by atoms with Crippen LogP contribution in [0.4, 0.5) is 0 Å². The Hall–Kier alpha value is -1.91. The number of carbonyl (C=O) groups is 1. The van der Waals surface area contributed by atoms with Gasteiger partial charge in [0.2, 0.25) is 0 Å². The van der Waals surface area contributed by atoms with Crippen molar-refractivity contribution >= 4 is 6.29 Å². The Bertz CT molecular complexity index is 683. The predicted octanol–water partition coefficient (Wildman–Crippen LogP) is 3.84. The van der Waals surface area contributed by atoms with Crippen molar-refractivity contribution in [2.24, 2.45) is 0 Å². The zero-order valence-corrected chi connectivity index (χ0v) is 16.6. The lowest BCUT2D eigenvalue weighted by molar-refractivity contribution is -0.107. The fourth-order valence-electron chi connectivity index (χ4n) is 4.45. The predicted molar refractivity (Wildman–Crippen MR) is 109 cm³/mol. The van der Waals surface area contributed by atoms with Crippen LogP contribution in [-0.4, -0.2) is 42.5 Å². The Labute approximate surface area is 163 Å². The molecule has 0 spiro atoms. The van der Waals surface area contributed by atoms with Crippen molar-refractivity contribution in [3.8, 4) is 0 Å². The van der Waals surface area contributed by atoms with Gasteiger partial charge in [0.15, 0.2) is 0 Å². The van der Waals surface area contributed by atoms with Gasteiger partial charge in [-0.25, -0.2) is 0 Å². The number of nitrogens with one attached hydrogen (secondary N) is 1. The van der Waals surface area contributed by atoms with Crippen LogP contribution in [0.25, 0.3) is 0 Å². The summed E-state index contributed by atoms with van der Waals surface area (Å²) in [5.74, 6) is 0. The van der Waals surface area contributed by atoms with E-state index in [0.717, 1.165) is 36.9 Å². The van der Waals surface area contributed by atoms with E-state index in [2.05, 4.69) is 53.5 Å². The van der Waals surface area contributed by atoms with E-state index in [1.807, 2.05) is 13.1 Å². The fourth-order valence-corrected chi connectivity index (χ4v) is 4.45. The maximum Gasteiger partial charge on any atom is 0.149 e. The van der Waals surface area contributed by atoms with Crippen LogP contribution >= 0.6 is 0 Å². The minimum absolute atomic E-state index is 0.449. The molecule has 1 saturated heterocycles. The first-order chi connectivity index (χ1) is 13.2. The highest BCUT2D eigenvalue weighted by Crippen LogP contribution is 2.36. The standard InChI is InChI=1S/C23H32N2O2/c1-3-27-18-23(15-19(2)24-16-21(23)17-26)25-14-8-7-11-22(25)13-12-20-9-5-4-6-10-20/h4-6,9-10,15-17,22,24H,3,7-8,11-14,18H2,1-2H3. The fraction of sp³-hybridized carbons (Fsp3) is 0.522. The third-order valence-corrected chi connectivity index (χ3v) is 5.81. The molecule has 0 amide bonds. The molecule has 2 atom stereocenters. The zero-order valence-electron chi connectivity index (χ0n) is 16.6. The second-order valence-electron chi connectivity index (χ2n) is 7.62. The van der Waals surface area contributed by atoms with Crippen LogP contribution in [-0.2, 0) is 16.0 Å². The number of hydrogen-bond donors (Lipinski definition) is 1. The van der Waals surface area contributed by atoms with Crippen LogP contribution in [0.2, 0.25) is 0 Å². The van der Waals surface area contributed by atoms with Gasteiger partial charge in [0.05, 0.1) is 12.1 Å². The first kappa shape index (κ1) is 19.8. The molecule has 27 heavy (non-hydrogen) atoms. The van der Waals surface area contributed by atoms with Gasteiger partial charge in [-0.05, 0) is 57.7 Å². The molecule has 0 aliphatic carbocycles. The van der Waals surface area contributed by atoms with E-state index in [-0.39, 0.29) is 0 Å². The van der Waals surface area contributed by atoms with Gasteiger partial charge in [-0.15, -0.1) is 0 Å². The summed E-state index contributed by atoms with van der Waals surface area (Å²) in [5, 5.41) is 3.21. The van der Waals surface area contributed by atoms with Crippen LogP contribution in [0.15, 0.2) is 53.9 Å². The van der Waals surface area contributed by atoms with Crippen molar-refractivity contribution < 1.29 is 9.53 Å². The first-order valence-corrected chi connectivity index (χ1v) is 10.2. The van der Waals surface area contributed by atoms with Gasteiger partial charge in [0.1, 0.15) is 6.29 Å². The molecule has 4 heteroatoms. The normalized spacial score (nSPS) is 26.1. The average Bonchev–Trinajstić information content (AvgIpc) is 2.72. The van der Waals surface area contributed by atoms with Crippen LogP contribution in [0.5, 0.6) is 0 Å². The van der Waals surface area contributed by atoms with E-state index < -0.39 is 5.54 Å². The molecule has 1 N–H and O–H groups in total. The van der Waals surface area contributed by atoms with Gasteiger partial charge in [-0.3, -0.25) is 9.69 Å². The maximum absolute atomic E-state index is 12.0. The van der Waals surface area contributed by atoms with Crippen LogP contribution in [0, 0.1) is 0 Å². The van der Waals surface area contributed by atoms with Gasteiger partial charge in [-0.2, -0.15) is 0 Å². The Morgan fingerprint density at radius 1 is 1.30 bits per heavy atom. The molecule has 2 aliphatic heterocycles. The van der Waals surface area contributed by atoms with Gasteiger partial charge < -0.3 is 10.1 Å². The lowest BCUT2D eigenvalue weighted by Crippen LogP contribution is -2.60. The molecule has 2 heterocycles. The van der Waals surface area contributed by atoms with Crippen LogP contribution in [0.1, 0.15) is 45.1 Å². The molecule has 1 aromatic carbocycles. The van der Waals surface area contributed by atoms with E-state index in [4.69, 9.17) is 4.74 Å². The van der Waals surface area contributed by atoms with Gasteiger partial charge in [0, 0.05) is 30.1 Å². The summed E-state index contributed by atoms with van der Waals surface area (Å²) in [7, 11) is 0. The summed E-state index contributed by atoms with van der Waals surface area (Å²) < 4.78 is 5.91. The van der Waals surface area contributed by atoms with E-state index >= 15 is 0 Å². The van der Waals surface area contributed by atoms with Crippen LogP contribution in [0.3, 0.4) is 0 Å². The zero-order chi connectivity index (χ0) is 19.1. The Morgan fingerprint density at radius 3 is 2.85 bits per heavy atom. The number of allylic oxidation sites excluding steroid dienone is 1. The summed E-state index contributed by atoms with van der Waals surface area (Å²) in [5.41, 5.74) is 2.76. The minimum Gasteiger partial charge on any atom is -0.379 e. The highest BCUT2D eigenvalue weighted by molar-refractivity contribution is 5.79. The third-order valence-electron chi connectivity index (χ3n) is 5.81. The van der Waals surface area contributed by atoms with E-state index in [9.17, 15) is 4.79 Å². The second-order valence-corrected chi connectivity index (χ2v) is 7.62. The number of likely N-dealkylation sites (tertiary alicyclic amines) is 1. The summed E-state index contributed by atoms with van der Waals surface area (Å²) in [6.45, 7) is 6.24. The summed E-state index contributed by atoms with van der Waals surface area (Å²) in [4.78, 5) is 14.5. The smallest absolute Gasteiger partial charge is 0.149 e. The Balaban J connectivity index is 1.87. The largest absolute Gasteiger partial charge is 0.379 e. The summed E-state index contributed by atoms with van der Waals surface area (Å²) in [6.07, 6.45) is 10.8. The number of ether oxygens (including phenoxy) is 1. The molecular weight excluding hydrogens is 336 g/mol. The first-order valence-electron chi connectivity index (χ1n) is 10.2. The van der Waals surface area contributed by atoms with Crippen molar-refractivity contribution in [1.82, 2.24) is 10.2 Å². The molecule has 0 aromatic heterocycles. The number of dihydropyridines is 1. The number of rotatable bonds is 8. The van der Waals surface area contributed by atoms with E-state index in [0.29, 0.717) is 19.3 Å². The minimum atomic E-state index is -0.463. The van der Waals surface area contributed by atoms with Crippen molar-refractivity contribution in [2.45, 2.75) is 57.5 Å². The summed E-state index contributed by atoms with van der Waals surface area (Å²) >= 11 is 0. The number of nitrogens with zero attached hydrogens (tertiary/aromatic N) is 1. The number of carbonyl (C=O) groups excluding carboxylic acids is 1. The molecule has 1 aromatic rings. The quantitative estimate of drug-likeness (QED) is 0.708. The number of benzene rings is 1. The molecule has 146 valence electrons. The molecule has 2 unspecified atom stereocenters. The van der Waals surface area contributed by atoms with Gasteiger partial charge in [-0.1, -0.05) is 36.8 Å². The third kappa shape index (κ3) is 4.50. The van der Waals surface area contributed by atoms with Crippen molar-refractivity contribution in [1.29, 1.82) is 0 Å². The molecule has 4 nitrogen and oxygen atoms in total. The van der Waals surface area contributed by atoms with Crippen LogP contribution < -0.4 is 5.32 Å². The Kier molecular flexibility index (Phi) is 6.86. The van der Waals surface area contributed by atoms with Crippen molar-refractivity contribution in [3.05, 3.63) is 59.4 Å². The van der Waals surface area contributed by atoms with Gasteiger partial charge in [0.25, 0.3) is 0 Å². The lowest BCUT2D eigenvalue weighted by atomic mass is 9.82. The highest BCUT2D eigenvalue weighted by atomic mass is 16.5. The van der Waals surface area contributed by atoms with Gasteiger partial charge >= 0.3 is 0 Å². The molecular formula is C23H32N2O2. The van der Waals surface area contributed by atoms with Crippen molar-refractivity contribution in [3.63, 3.8) is 0 Å². The number of aldehydes is 1. The SMILES string of the molecule is CCOCC1(N2CCCCC2CCc2ccccc2)C=C(C)NC=C1C=O. The Morgan fingerprint density at radius 2 is 2.11 bits per heavy atom. The molecule has 0 bridgehead atoms. The second kappa shape index (κ2) is 9.34. The lowest BCUT2D eigenvalue weighted by Gasteiger charge is -2.50. The molecule has 0 saturated carbocycles. The average molecular weight is 369 g/mol. The maximum atomic E-state index is 12.0. The highest BCUT2D eigenvalue weighted by Gasteiger charge is 2.44.